The number of carbonyl (C=O) groups excluding carboxylic acids is 1. The van der Waals surface area contributed by atoms with E-state index in [9.17, 15) is 14.0 Å². The molecule has 0 saturated carbocycles. The minimum Gasteiger partial charge on any atom is -0.478 e. The number of anilines is 2. The van der Waals surface area contributed by atoms with Crippen LogP contribution in [0.25, 0.3) is 0 Å². The average Bonchev–Trinajstić information content (AvgIpc) is 2.41. The number of benzene rings is 2. The first kappa shape index (κ1) is 14.5. The van der Waals surface area contributed by atoms with Crippen molar-refractivity contribution >= 4 is 23.3 Å². The minimum atomic E-state index is -1.35. The third-order valence-corrected chi connectivity index (χ3v) is 2.83. The van der Waals surface area contributed by atoms with Gasteiger partial charge in [0.25, 0.3) is 0 Å². The van der Waals surface area contributed by atoms with Gasteiger partial charge in [0, 0.05) is 11.4 Å². The summed E-state index contributed by atoms with van der Waals surface area (Å²) in [6.07, 6.45) is 0.114. The molecule has 2 aromatic carbocycles. The van der Waals surface area contributed by atoms with E-state index in [1.807, 2.05) is 0 Å². The predicted octanol–water partition coefficient (Wildman–Crippen LogP) is 2.29. The van der Waals surface area contributed by atoms with E-state index in [1.54, 1.807) is 24.3 Å². The first-order valence-electron chi connectivity index (χ1n) is 6.13. The summed E-state index contributed by atoms with van der Waals surface area (Å²) in [5, 5.41) is 11.2. The molecular weight excluding hydrogens is 275 g/mol. The molecule has 0 aliphatic carbocycles. The van der Waals surface area contributed by atoms with Gasteiger partial charge in [-0.15, -0.1) is 0 Å². The molecule has 0 unspecified atom stereocenters. The number of rotatable bonds is 4. The maximum Gasteiger partial charge on any atom is 0.338 e. The molecule has 108 valence electrons. The van der Waals surface area contributed by atoms with Crippen molar-refractivity contribution in [1.82, 2.24) is 0 Å². The van der Waals surface area contributed by atoms with E-state index in [1.165, 1.54) is 6.07 Å². The predicted molar refractivity (Wildman–Crippen MR) is 76.5 cm³/mol. The zero-order valence-corrected chi connectivity index (χ0v) is 11.0. The van der Waals surface area contributed by atoms with Crippen LogP contribution in [0, 0.1) is 5.82 Å². The van der Waals surface area contributed by atoms with Crippen LogP contribution in [-0.2, 0) is 11.2 Å². The largest absolute Gasteiger partial charge is 0.478 e. The number of carboxylic acids is 1. The number of aromatic carboxylic acids is 1. The smallest absolute Gasteiger partial charge is 0.338 e. The lowest BCUT2D eigenvalue weighted by atomic mass is 10.1. The lowest BCUT2D eigenvalue weighted by Gasteiger charge is -2.07. The maximum absolute atomic E-state index is 13.5. The number of hydrogen-bond acceptors (Lipinski definition) is 3. The van der Waals surface area contributed by atoms with E-state index >= 15 is 0 Å². The fraction of sp³-hybridized carbons (Fsp3) is 0.0667. The molecule has 0 bridgehead atoms. The number of nitrogens with one attached hydrogen (secondary N) is 1. The second-order valence-corrected chi connectivity index (χ2v) is 4.47. The highest BCUT2D eigenvalue weighted by Gasteiger charge is 2.11. The molecule has 1 amide bonds. The summed E-state index contributed by atoms with van der Waals surface area (Å²) >= 11 is 0. The van der Waals surface area contributed by atoms with E-state index in [2.05, 4.69) is 5.32 Å². The molecule has 0 aliphatic heterocycles. The Bertz CT molecular complexity index is 684. The van der Waals surface area contributed by atoms with E-state index < -0.39 is 17.3 Å². The number of nitrogens with two attached hydrogens (primary N) is 1. The number of halogens is 1. The summed E-state index contributed by atoms with van der Waals surface area (Å²) in [5.74, 6) is -2.58. The molecule has 5 nitrogen and oxygen atoms in total. The average molecular weight is 288 g/mol. The Kier molecular flexibility index (Phi) is 4.18. The van der Waals surface area contributed by atoms with Crippen molar-refractivity contribution in [1.29, 1.82) is 0 Å². The van der Waals surface area contributed by atoms with Crippen LogP contribution in [-0.4, -0.2) is 17.0 Å². The molecule has 0 spiro atoms. The highest BCUT2D eigenvalue weighted by Crippen LogP contribution is 2.15. The molecule has 2 aromatic rings. The van der Waals surface area contributed by atoms with Crippen LogP contribution >= 0.6 is 0 Å². The van der Waals surface area contributed by atoms with Gasteiger partial charge in [0.1, 0.15) is 5.82 Å². The van der Waals surface area contributed by atoms with Crippen molar-refractivity contribution in [3.63, 3.8) is 0 Å². The van der Waals surface area contributed by atoms with Crippen LogP contribution in [0.4, 0.5) is 15.8 Å². The summed E-state index contributed by atoms with van der Waals surface area (Å²) < 4.78 is 13.5. The summed E-state index contributed by atoms with van der Waals surface area (Å²) in [4.78, 5) is 22.5. The van der Waals surface area contributed by atoms with Crippen LogP contribution < -0.4 is 11.1 Å². The van der Waals surface area contributed by atoms with Gasteiger partial charge in [-0.3, -0.25) is 4.79 Å². The van der Waals surface area contributed by atoms with E-state index in [0.717, 1.165) is 17.7 Å². The fourth-order valence-electron chi connectivity index (χ4n) is 1.79. The number of carboxylic acid groups (broad SMARTS) is 1. The molecule has 0 radical (unpaired) electrons. The second kappa shape index (κ2) is 6.04. The molecule has 6 heteroatoms. The third-order valence-electron chi connectivity index (χ3n) is 2.83. The summed E-state index contributed by atoms with van der Waals surface area (Å²) in [6.45, 7) is 0. The first-order chi connectivity index (χ1) is 9.95. The van der Waals surface area contributed by atoms with Gasteiger partial charge in [-0.05, 0) is 35.9 Å². The summed E-state index contributed by atoms with van der Waals surface area (Å²) in [5.41, 5.74) is 6.68. The van der Waals surface area contributed by atoms with Crippen molar-refractivity contribution in [2.45, 2.75) is 6.42 Å². The van der Waals surface area contributed by atoms with Crippen molar-refractivity contribution in [3.8, 4) is 0 Å². The molecule has 21 heavy (non-hydrogen) atoms. The highest BCUT2D eigenvalue weighted by atomic mass is 19.1. The van der Waals surface area contributed by atoms with Gasteiger partial charge >= 0.3 is 5.97 Å². The standard InChI is InChI=1S/C15H13FN2O3/c16-13-8-11(5-6-12(13)15(20)21)18-14(19)7-9-1-3-10(17)4-2-9/h1-6,8H,7,17H2,(H,18,19)(H,20,21). The molecule has 0 saturated heterocycles. The fourth-order valence-corrected chi connectivity index (χ4v) is 1.79. The molecule has 0 atom stereocenters. The quantitative estimate of drug-likeness (QED) is 0.752. The Labute approximate surface area is 120 Å². The van der Waals surface area contributed by atoms with E-state index in [4.69, 9.17) is 10.8 Å². The Morgan fingerprint density at radius 3 is 2.38 bits per heavy atom. The molecule has 0 aliphatic rings. The zero-order valence-electron chi connectivity index (χ0n) is 11.0. The van der Waals surface area contributed by atoms with Gasteiger partial charge < -0.3 is 16.2 Å². The Morgan fingerprint density at radius 2 is 1.81 bits per heavy atom. The Balaban J connectivity index is 2.04. The van der Waals surface area contributed by atoms with Gasteiger partial charge in [-0.25, -0.2) is 9.18 Å². The van der Waals surface area contributed by atoms with Crippen LogP contribution in [0.3, 0.4) is 0 Å². The van der Waals surface area contributed by atoms with Crippen molar-refractivity contribution < 1.29 is 19.1 Å². The van der Waals surface area contributed by atoms with Gasteiger partial charge in [-0.1, -0.05) is 12.1 Å². The molecule has 0 heterocycles. The van der Waals surface area contributed by atoms with Crippen LogP contribution in [0.15, 0.2) is 42.5 Å². The summed E-state index contributed by atoms with van der Waals surface area (Å²) in [7, 11) is 0. The van der Waals surface area contributed by atoms with Gasteiger partial charge in [0.15, 0.2) is 0 Å². The van der Waals surface area contributed by atoms with Crippen LogP contribution in [0.5, 0.6) is 0 Å². The van der Waals surface area contributed by atoms with Crippen molar-refractivity contribution in [2.24, 2.45) is 0 Å². The van der Waals surface area contributed by atoms with Crippen molar-refractivity contribution in [2.75, 3.05) is 11.1 Å². The topological polar surface area (TPSA) is 92.4 Å². The minimum absolute atomic E-state index is 0.114. The third kappa shape index (κ3) is 3.79. The molecule has 0 aromatic heterocycles. The number of carbonyl (C=O) groups is 2. The highest BCUT2D eigenvalue weighted by molar-refractivity contribution is 5.93. The number of nitrogen functional groups attached to an aromatic ring is 1. The Morgan fingerprint density at radius 1 is 1.14 bits per heavy atom. The van der Waals surface area contributed by atoms with Gasteiger partial charge in [0.2, 0.25) is 5.91 Å². The van der Waals surface area contributed by atoms with Crippen LogP contribution in [0.2, 0.25) is 0 Å². The molecule has 0 fully saturated rings. The maximum atomic E-state index is 13.5. The second-order valence-electron chi connectivity index (χ2n) is 4.47. The number of hydrogen-bond donors (Lipinski definition) is 3. The summed E-state index contributed by atoms with van der Waals surface area (Å²) in [6, 6.07) is 10.2. The Hall–Kier alpha value is -2.89. The zero-order chi connectivity index (χ0) is 15.4. The normalized spacial score (nSPS) is 10.1. The lowest BCUT2D eigenvalue weighted by molar-refractivity contribution is -0.115. The van der Waals surface area contributed by atoms with Gasteiger partial charge in [0.05, 0.1) is 12.0 Å². The molecule has 2 rings (SSSR count). The van der Waals surface area contributed by atoms with E-state index in [0.29, 0.717) is 5.69 Å². The SMILES string of the molecule is Nc1ccc(CC(=O)Nc2ccc(C(=O)O)c(F)c2)cc1. The lowest BCUT2D eigenvalue weighted by Crippen LogP contribution is -2.15. The van der Waals surface area contributed by atoms with Crippen LogP contribution in [0.1, 0.15) is 15.9 Å². The number of amides is 1. The van der Waals surface area contributed by atoms with Gasteiger partial charge in [-0.2, -0.15) is 0 Å². The molecular formula is C15H13FN2O3. The van der Waals surface area contributed by atoms with E-state index in [-0.39, 0.29) is 18.0 Å². The molecule has 4 N–H and O–H groups in total. The first-order valence-corrected chi connectivity index (χ1v) is 6.13. The monoisotopic (exact) mass is 288 g/mol. The van der Waals surface area contributed by atoms with Crippen molar-refractivity contribution in [3.05, 3.63) is 59.4 Å².